The lowest BCUT2D eigenvalue weighted by Gasteiger charge is -2.05. The second kappa shape index (κ2) is 6.94. The van der Waals surface area contributed by atoms with Gasteiger partial charge in [-0.2, -0.15) is 0 Å². The van der Waals surface area contributed by atoms with Crippen LogP contribution < -0.4 is 16.2 Å². The van der Waals surface area contributed by atoms with E-state index in [0.717, 1.165) is 28.1 Å². The average molecular weight is 366 g/mol. The lowest BCUT2D eigenvalue weighted by Crippen LogP contribution is -2.41. The lowest BCUT2D eigenvalue weighted by atomic mass is 10.2. The number of thioether (sulfide) groups is 1. The Morgan fingerprint density at radius 1 is 1.38 bits per heavy atom. The number of aromatic amines is 1. The Hall–Kier alpha value is -1.87. The van der Waals surface area contributed by atoms with Gasteiger partial charge < -0.3 is 10.3 Å². The van der Waals surface area contributed by atoms with E-state index in [1.54, 1.807) is 0 Å². The maximum Gasteiger partial charge on any atom is 0.321 e. The molecule has 2 aromatic heterocycles. The van der Waals surface area contributed by atoms with Gasteiger partial charge in [0.15, 0.2) is 0 Å². The first-order valence-corrected chi connectivity index (χ1v) is 9.58. The van der Waals surface area contributed by atoms with Crippen molar-refractivity contribution in [1.82, 2.24) is 20.6 Å². The third-order valence-electron chi connectivity index (χ3n) is 3.73. The van der Waals surface area contributed by atoms with E-state index in [9.17, 15) is 14.4 Å². The van der Waals surface area contributed by atoms with Gasteiger partial charge in [-0.05, 0) is 32.3 Å². The van der Waals surface area contributed by atoms with Gasteiger partial charge in [-0.3, -0.25) is 14.9 Å². The minimum Gasteiger partial charge on any atom is -0.335 e. The molecule has 7 nitrogen and oxygen atoms in total. The highest BCUT2D eigenvalue weighted by atomic mass is 32.2. The molecule has 2 heterocycles. The van der Waals surface area contributed by atoms with Gasteiger partial charge in [0.2, 0.25) is 5.91 Å². The van der Waals surface area contributed by atoms with Crippen molar-refractivity contribution in [3.8, 4) is 0 Å². The third kappa shape index (κ3) is 3.96. The molecule has 1 fully saturated rings. The summed E-state index contributed by atoms with van der Waals surface area (Å²) in [5.41, 5.74) is 0.815. The number of thiophene rings is 1. The fourth-order valence-electron chi connectivity index (χ4n) is 2.22. The second-order valence-electron chi connectivity index (χ2n) is 5.76. The molecule has 0 atom stereocenters. The largest absolute Gasteiger partial charge is 0.335 e. The smallest absolute Gasteiger partial charge is 0.321 e. The number of imide groups is 1. The van der Waals surface area contributed by atoms with E-state index in [1.165, 1.54) is 23.1 Å². The number of urea groups is 1. The van der Waals surface area contributed by atoms with Crippen LogP contribution in [0.15, 0.2) is 4.79 Å². The molecule has 3 amide bonds. The summed E-state index contributed by atoms with van der Waals surface area (Å²) in [6.07, 6.45) is 1.94. The number of carbonyl (C=O) groups is 2. The van der Waals surface area contributed by atoms with E-state index in [0.29, 0.717) is 17.0 Å². The average Bonchev–Trinajstić information content (AvgIpc) is 3.24. The molecule has 3 rings (SSSR count). The Kier molecular flexibility index (Phi) is 4.91. The van der Waals surface area contributed by atoms with Crippen molar-refractivity contribution in [3.63, 3.8) is 0 Å². The highest BCUT2D eigenvalue weighted by Gasteiger charge is 2.23. The number of H-pyrrole nitrogens is 1. The number of nitrogens with one attached hydrogen (secondary N) is 3. The first-order valence-electron chi connectivity index (χ1n) is 7.61. The molecule has 1 aliphatic carbocycles. The highest BCUT2D eigenvalue weighted by Crippen LogP contribution is 2.26. The highest BCUT2D eigenvalue weighted by molar-refractivity contribution is 7.99. The van der Waals surface area contributed by atoms with E-state index >= 15 is 0 Å². The third-order valence-corrected chi connectivity index (χ3v) is 5.77. The first kappa shape index (κ1) is 17.0. The van der Waals surface area contributed by atoms with Gasteiger partial charge in [0.25, 0.3) is 5.56 Å². The minimum atomic E-state index is -0.444. The second-order valence-corrected chi connectivity index (χ2v) is 7.95. The molecule has 0 radical (unpaired) electrons. The molecule has 9 heteroatoms. The number of amides is 3. The molecule has 1 aliphatic rings. The van der Waals surface area contributed by atoms with Gasteiger partial charge in [-0.25, -0.2) is 9.78 Å². The maximum atomic E-state index is 12.2. The number of hydrogen-bond acceptors (Lipinski definition) is 6. The van der Waals surface area contributed by atoms with Gasteiger partial charge in [0.1, 0.15) is 10.7 Å². The summed E-state index contributed by atoms with van der Waals surface area (Å²) < 4.78 is 0. The molecule has 0 bridgehead atoms. The first-order chi connectivity index (χ1) is 11.4. The predicted molar refractivity (Wildman–Crippen MR) is 95.6 cm³/mol. The van der Waals surface area contributed by atoms with E-state index in [2.05, 4.69) is 20.6 Å². The maximum absolute atomic E-state index is 12.2. The minimum absolute atomic E-state index is 0.127. The van der Waals surface area contributed by atoms with Crippen molar-refractivity contribution in [2.45, 2.75) is 38.5 Å². The molecule has 0 aliphatic heterocycles. The Morgan fingerprint density at radius 2 is 2.12 bits per heavy atom. The van der Waals surface area contributed by atoms with Crippen molar-refractivity contribution in [2.24, 2.45) is 0 Å². The molecular formula is C15H18N4O3S2. The van der Waals surface area contributed by atoms with E-state index < -0.39 is 6.03 Å². The Bertz CT molecular complexity index is 854. The predicted octanol–water partition coefficient (Wildman–Crippen LogP) is 1.82. The number of aryl methyl sites for hydroxylation is 2. The van der Waals surface area contributed by atoms with Crippen LogP contribution in [-0.4, -0.2) is 33.7 Å². The van der Waals surface area contributed by atoms with Crippen LogP contribution in [0, 0.1) is 13.8 Å². The van der Waals surface area contributed by atoms with Crippen LogP contribution in [-0.2, 0) is 10.5 Å². The van der Waals surface area contributed by atoms with Crippen LogP contribution in [0.3, 0.4) is 0 Å². The summed E-state index contributed by atoms with van der Waals surface area (Å²) in [6, 6.07) is -0.232. The zero-order valence-electron chi connectivity index (χ0n) is 13.4. The van der Waals surface area contributed by atoms with E-state index in [4.69, 9.17) is 0 Å². The zero-order chi connectivity index (χ0) is 17.3. The van der Waals surface area contributed by atoms with Crippen LogP contribution >= 0.6 is 23.1 Å². The van der Waals surface area contributed by atoms with Crippen molar-refractivity contribution >= 4 is 45.3 Å². The number of nitrogens with zero attached hydrogens (tertiary/aromatic N) is 1. The molecule has 2 aromatic rings. The summed E-state index contributed by atoms with van der Waals surface area (Å²) in [5, 5.41) is 5.62. The van der Waals surface area contributed by atoms with Crippen molar-refractivity contribution in [1.29, 1.82) is 0 Å². The van der Waals surface area contributed by atoms with Gasteiger partial charge in [0, 0.05) is 10.9 Å². The van der Waals surface area contributed by atoms with Crippen molar-refractivity contribution in [3.05, 3.63) is 26.6 Å². The van der Waals surface area contributed by atoms with Gasteiger partial charge in [-0.15, -0.1) is 23.1 Å². The van der Waals surface area contributed by atoms with E-state index in [1.807, 2.05) is 13.8 Å². The molecular weight excluding hydrogens is 348 g/mol. The molecule has 128 valence electrons. The Balaban J connectivity index is 1.54. The van der Waals surface area contributed by atoms with Gasteiger partial charge in [-0.1, -0.05) is 0 Å². The van der Waals surface area contributed by atoms with Crippen LogP contribution in [0.4, 0.5) is 4.79 Å². The Morgan fingerprint density at radius 3 is 2.83 bits per heavy atom. The normalized spacial score (nSPS) is 13.9. The van der Waals surface area contributed by atoms with E-state index in [-0.39, 0.29) is 23.3 Å². The summed E-state index contributed by atoms with van der Waals surface area (Å²) >= 11 is 2.79. The van der Waals surface area contributed by atoms with Crippen LogP contribution in [0.5, 0.6) is 0 Å². The Labute approximate surface area is 146 Å². The molecule has 3 N–H and O–H groups in total. The number of fused-ring (bicyclic) bond motifs is 1. The summed E-state index contributed by atoms with van der Waals surface area (Å²) in [4.78, 5) is 44.3. The number of aromatic nitrogens is 2. The van der Waals surface area contributed by atoms with Gasteiger partial charge in [0.05, 0.1) is 16.9 Å². The topological polar surface area (TPSA) is 104 Å². The van der Waals surface area contributed by atoms with Crippen LogP contribution in [0.2, 0.25) is 0 Å². The molecule has 0 saturated heterocycles. The standard InChI is InChI=1S/C15H18N4O3S2/c1-7-8(2)24-14-12(7)13(21)17-10(18-14)5-23-6-11(20)19-15(22)16-9-3-4-9/h9H,3-6H2,1-2H3,(H,17,18,21)(H2,16,19,20,22). The number of hydrogen-bond donors (Lipinski definition) is 3. The SMILES string of the molecule is Cc1sc2nc(CSCC(=O)NC(=O)NC3CC3)[nH]c(=O)c2c1C. The number of carbonyl (C=O) groups excluding carboxylic acids is 2. The molecule has 0 aromatic carbocycles. The van der Waals surface area contributed by atoms with Crippen molar-refractivity contribution in [2.75, 3.05) is 5.75 Å². The zero-order valence-corrected chi connectivity index (χ0v) is 15.0. The van der Waals surface area contributed by atoms with Crippen LogP contribution in [0.1, 0.15) is 29.1 Å². The summed E-state index contributed by atoms with van der Waals surface area (Å²) in [6.45, 7) is 3.88. The summed E-state index contributed by atoms with van der Waals surface area (Å²) in [7, 11) is 0. The van der Waals surface area contributed by atoms with Crippen molar-refractivity contribution < 1.29 is 9.59 Å². The molecule has 24 heavy (non-hydrogen) atoms. The van der Waals surface area contributed by atoms with Gasteiger partial charge >= 0.3 is 6.03 Å². The van der Waals surface area contributed by atoms with Crippen LogP contribution in [0.25, 0.3) is 10.2 Å². The molecule has 0 unspecified atom stereocenters. The number of rotatable bonds is 5. The fourth-order valence-corrected chi connectivity index (χ4v) is 3.96. The summed E-state index contributed by atoms with van der Waals surface area (Å²) in [5.74, 6) is 0.708. The monoisotopic (exact) mass is 366 g/mol. The molecule has 0 spiro atoms. The lowest BCUT2D eigenvalue weighted by molar-refractivity contribution is -0.117. The molecule has 1 saturated carbocycles. The quantitative estimate of drug-likeness (QED) is 0.749. The fraction of sp³-hybridized carbons (Fsp3) is 0.467.